The van der Waals surface area contributed by atoms with Gasteiger partial charge in [-0.1, -0.05) is 151 Å². The Morgan fingerprint density at radius 1 is 0.469 bits per heavy atom. The Morgan fingerprint density at radius 2 is 0.844 bits per heavy atom. The van der Waals surface area contributed by atoms with Crippen molar-refractivity contribution >= 4 is 42.0 Å². The average Bonchev–Trinajstić information content (AvgIpc) is 2.82. The van der Waals surface area contributed by atoms with Crippen LogP contribution >= 0.6 is 7.92 Å². The Balaban J connectivity index is 2.07. The molecule has 0 radical (unpaired) electrons. The van der Waals surface area contributed by atoms with Gasteiger partial charge in [-0.25, -0.2) is 0 Å². The number of rotatable bonds is 7. The highest BCUT2D eigenvalue weighted by molar-refractivity contribution is 7.66. The standard InChI is InChI=1S/C30H33PSi/c1-24(2)31(25(3)4)26-15-14-22-30(23-26)32(27-16-8-5-9-17-27,28-18-10-6-11-19-28)29-20-12-7-13-21-29/h5-25H,1-4H3. The van der Waals surface area contributed by atoms with Crippen LogP contribution in [0.25, 0.3) is 0 Å². The summed E-state index contributed by atoms with van der Waals surface area (Å²) in [6.45, 7) is 9.53. The van der Waals surface area contributed by atoms with Gasteiger partial charge in [0.25, 0.3) is 0 Å². The van der Waals surface area contributed by atoms with Gasteiger partial charge in [0.1, 0.15) is 0 Å². The molecule has 0 N–H and O–H groups in total. The van der Waals surface area contributed by atoms with Crippen molar-refractivity contribution in [1.29, 1.82) is 0 Å². The third-order valence-electron chi connectivity index (χ3n) is 6.31. The Bertz CT molecular complexity index is 1020. The van der Waals surface area contributed by atoms with Gasteiger partial charge in [-0.2, -0.15) is 0 Å². The van der Waals surface area contributed by atoms with Crippen LogP contribution in [0.1, 0.15) is 27.7 Å². The summed E-state index contributed by atoms with van der Waals surface area (Å²) in [6.07, 6.45) is 0. The second-order valence-corrected chi connectivity index (χ2v) is 16.2. The van der Waals surface area contributed by atoms with Crippen LogP contribution in [-0.2, 0) is 0 Å². The van der Waals surface area contributed by atoms with E-state index < -0.39 is 8.07 Å². The quantitative estimate of drug-likeness (QED) is 0.211. The van der Waals surface area contributed by atoms with Gasteiger partial charge < -0.3 is 0 Å². The van der Waals surface area contributed by atoms with Crippen molar-refractivity contribution in [3.63, 3.8) is 0 Å². The smallest absolute Gasteiger partial charge is 0.0701 e. The van der Waals surface area contributed by atoms with Crippen molar-refractivity contribution in [2.45, 2.75) is 39.0 Å². The van der Waals surface area contributed by atoms with E-state index in [1.165, 1.54) is 26.1 Å². The van der Waals surface area contributed by atoms with E-state index in [0.717, 1.165) is 0 Å². The molecule has 0 heterocycles. The van der Waals surface area contributed by atoms with Gasteiger partial charge in [0, 0.05) is 0 Å². The SMILES string of the molecule is CC(C)P(c1cccc([Si](c2ccccc2)(c2ccccc2)c2ccccc2)c1)C(C)C. The molecule has 0 spiro atoms. The summed E-state index contributed by atoms with van der Waals surface area (Å²) >= 11 is 0. The highest BCUT2D eigenvalue weighted by Crippen LogP contribution is 2.44. The zero-order valence-electron chi connectivity index (χ0n) is 19.6. The van der Waals surface area contributed by atoms with E-state index in [9.17, 15) is 0 Å². The fourth-order valence-corrected chi connectivity index (χ4v) is 13.0. The lowest BCUT2D eigenvalue weighted by atomic mass is 10.3. The van der Waals surface area contributed by atoms with Gasteiger partial charge in [0.2, 0.25) is 0 Å². The maximum Gasteiger partial charge on any atom is 0.179 e. The zero-order valence-corrected chi connectivity index (χ0v) is 21.5. The Kier molecular flexibility index (Phi) is 7.09. The van der Waals surface area contributed by atoms with Crippen LogP contribution in [-0.4, -0.2) is 19.4 Å². The topological polar surface area (TPSA) is 0 Å². The highest BCUT2D eigenvalue weighted by atomic mass is 31.1. The number of hydrogen-bond acceptors (Lipinski definition) is 0. The molecule has 4 rings (SSSR count). The van der Waals surface area contributed by atoms with Gasteiger partial charge in [-0.15, -0.1) is 0 Å². The molecular formula is C30H33PSi. The molecule has 4 aromatic rings. The maximum atomic E-state index is 2.56. The minimum Gasteiger partial charge on any atom is -0.0701 e. The molecule has 0 aliphatic carbocycles. The average molecular weight is 453 g/mol. The molecule has 0 saturated heterocycles. The van der Waals surface area contributed by atoms with Gasteiger partial charge in [-0.3, -0.25) is 0 Å². The Morgan fingerprint density at radius 3 is 1.22 bits per heavy atom. The van der Waals surface area contributed by atoms with Crippen LogP contribution in [0.4, 0.5) is 0 Å². The Hall–Kier alpha value is -2.47. The molecule has 162 valence electrons. The second-order valence-electron chi connectivity index (χ2n) is 8.99. The molecule has 0 nitrogen and oxygen atoms in total. The fourth-order valence-electron chi connectivity index (χ4n) is 5.16. The molecule has 2 heteroatoms. The summed E-state index contributed by atoms with van der Waals surface area (Å²) in [6, 6.07) is 43.2. The van der Waals surface area contributed by atoms with Crippen molar-refractivity contribution in [1.82, 2.24) is 0 Å². The number of benzene rings is 4. The van der Waals surface area contributed by atoms with Gasteiger partial charge in [-0.05, 0) is 37.4 Å². The second kappa shape index (κ2) is 9.99. The van der Waals surface area contributed by atoms with Gasteiger partial charge in [0.05, 0.1) is 0 Å². The summed E-state index contributed by atoms with van der Waals surface area (Å²) in [5, 5.41) is 7.32. The molecule has 4 aromatic carbocycles. The molecule has 0 atom stereocenters. The molecular weight excluding hydrogens is 419 g/mol. The van der Waals surface area contributed by atoms with Crippen LogP contribution in [0.5, 0.6) is 0 Å². The lowest BCUT2D eigenvalue weighted by molar-refractivity contribution is 1.02. The van der Waals surface area contributed by atoms with Crippen LogP contribution in [0, 0.1) is 0 Å². The molecule has 0 unspecified atom stereocenters. The normalized spacial score (nSPS) is 12.0. The molecule has 0 aliphatic rings. The van der Waals surface area contributed by atoms with Crippen molar-refractivity contribution in [2.24, 2.45) is 0 Å². The molecule has 32 heavy (non-hydrogen) atoms. The molecule has 0 aromatic heterocycles. The monoisotopic (exact) mass is 452 g/mol. The van der Waals surface area contributed by atoms with Gasteiger partial charge >= 0.3 is 0 Å². The van der Waals surface area contributed by atoms with E-state index in [1.807, 2.05) is 0 Å². The first-order chi connectivity index (χ1) is 15.5. The van der Waals surface area contributed by atoms with Crippen LogP contribution in [0.15, 0.2) is 115 Å². The first kappa shape index (κ1) is 22.7. The van der Waals surface area contributed by atoms with Crippen molar-refractivity contribution in [3.05, 3.63) is 115 Å². The third-order valence-corrected chi connectivity index (χ3v) is 14.2. The van der Waals surface area contributed by atoms with Crippen molar-refractivity contribution in [2.75, 3.05) is 0 Å². The summed E-state index contributed by atoms with van der Waals surface area (Å²) in [4.78, 5) is 0. The Labute approximate surface area is 196 Å². The first-order valence-corrected chi connectivity index (χ1v) is 15.1. The largest absolute Gasteiger partial charge is 0.179 e. The van der Waals surface area contributed by atoms with Crippen LogP contribution in [0.3, 0.4) is 0 Å². The maximum absolute atomic E-state index is 2.56. The summed E-state index contributed by atoms with van der Waals surface area (Å²) in [5.74, 6) is 0. The van der Waals surface area contributed by atoms with E-state index in [0.29, 0.717) is 11.3 Å². The van der Waals surface area contributed by atoms with E-state index in [1.54, 1.807) is 0 Å². The molecule has 0 fully saturated rings. The third kappa shape index (κ3) is 4.25. The van der Waals surface area contributed by atoms with E-state index in [2.05, 4.69) is 143 Å². The van der Waals surface area contributed by atoms with E-state index in [4.69, 9.17) is 0 Å². The molecule has 0 amide bonds. The summed E-state index contributed by atoms with van der Waals surface area (Å²) < 4.78 is 0. The predicted octanol–water partition coefficient (Wildman–Crippen LogP) is 4.99. The number of hydrogen-bond donors (Lipinski definition) is 0. The van der Waals surface area contributed by atoms with Crippen molar-refractivity contribution in [3.8, 4) is 0 Å². The summed E-state index contributed by atoms with van der Waals surface area (Å²) in [7, 11) is -2.66. The van der Waals surface area contributed by atoms with Crippen molar-refractivity contribution < 1.29 is 0 Å². The fraction of sp³-hybridized carbons (Fsp3) is 0.200. The minimum atomic E-state index is -2.44. The van der Waals surface area contributed by atoms with Gasteiger partial charge in [0.15, 0.2) is 8.07 Å². The van der Waals surface area contributed by atoms with Crippen LogP contribution < -0.4 is 26.1 Å². The molecule has 0 saturated carbocycles. The first-order valence-electron chi connectivity index (χ1n) is 11.6. The lowest BCUT2D eigenvalue weighted by Gasteiger charge is -2.35. The molecule has 0 bridgehead atoms. The highest BCUT2D eigenvalue weighted by Gasteiger charge is 2.41. The van der Waals surface area contributed by atoms with E-state index >= 15 is 0 Å². The van der Waals surface area contributed by atoms with Crippen LogP contribution in [0.2, 0.25) is 0 Å². The molecule has 0 aliphatic heterocycles. The minimum absolute atomic E-state index is 0.222. The zero-order chi connectivity index (χ0) is 22.6. The lowest BCUT2D eigenvalue weighted by Crippen LogP contribution is -2.75. The van der Waals surface area contributed by atoms with E-state index in [-0.39, 0.29) is 7.92 Å². The summed E-state index contributed by atoms with van der Waals surface area (Å²) in [5.41, 5.74) is 1.34. The predicted molar refractivity (Wildman–Crippen MR) is 147 cm³/mol.